The summed E-state index contributed by atoms with van der Waals surface area (Å²) in [6.07, 6.45) is 5.65. The Kier molecular flexibility index (Phi) is 11.6. The number of aliphatic imine (C=N–C) groups is 1. The number of carbonyl (C=O) groups excluding carboxylic acids is 1. The van der Waals surface area contributed by atoms with Gasteiger partial charge in [-0.3, -0.25) is 19.6 Å². The minimum absolute atomic E-state index is 0. The van der Waals surface area contributed by atoms with Gasteiger partial charge in [0.05, 0.1) is 13.2 Å². The minimum Gasteiger partial charge on any atom is -0.379 e. The zero-order valence-electron chi connectivity index (χ0n) is 17.7. The lowest BCUT2D eigenvalue weighted by Gasteiger charge is -2.36. The number of halogens is 1. The summed E-state index contributed by atoms with van der Waals surface area (Å²) in [4.78, 5) is 23.8. The molecule has 1 aliphatic carbocycles. The lowest BCUT2D eigenvalue weighted by atomic mass is 10.1. The molecule has 8 nitrogen and oxygen atoms in total. The van der Waals surface area contributed by atoms with Crippen LogP contribution in [0.4, 0.5) is 0 Å². The van der Waals surface area contributed by atoms with E-state index in [2.05, 4.69) is 25.0 Å². The van der Waals surface area contributed by atoms with Crippen molar-refractivity contribution in [2.24, 2.45) is 16.6 Å². The smallest absolute Gasteiger partial charge is 0.225 e. The van der Waals surface area contributed by atoms with Crippen molar-refractivity contribution < 1.29 is 9.53 Å². The summed E-state index contributed by atoms with van der Waals surface area (Å²) in [6, 6.07) is 0. The van der Waals surface area contributed by atoms with Gasteiger partial charge in [0, 0.05) is 71.4 Å². The third-order valence-electron chi connectivity index (χ3n) is 6.14. The number of morpholine rings is 1. The van der Waals surface area contributed by atoms with Gasteiger partial charge in [-0.05, 0) is 19.3 Å². The molecule has 0 radical (unpaired) electrons. The number of piperazine rings is 1. The predicted octanol–water partition coefficient (Wildman–Crippen LogP) is 0.565. The Morgan fingerprint density at radius 3 is 2.34 bits per heavy atom. The molecular formula is C20H39IN6O2. The Morgan fingerprint density at radius 1 is 1.00 bits per heavy atom. The molecule has 2 saturated heterocycles. The van der Waals surface area contributed by atoms with Gasteiger partial charge in [0.2, 0.25) is 5.91 Å². The van der Waals surface area contributed by atoms with Gasteiger partial charge in [-0.25, -0.2) is 0 Å². The van der Waals surface area contributed by atoms with Crippen molar-refractivity contribution in [1.29, 1.82) is 0 Å². The lowest BCUT2D eigenvalue weighted by Crippen LogP contribution is -2.51. The molecule has 3 aliphatic rings. The highest BCUT2D eigenvalue weighted by atomic mass is 127. The third-order valence-corrected chi connectivity index (χ3v) is 6.14. The van der Waals surface area contributed by atoms with Crippen molar-refractivity contribution in [3.05, 3.63) is 0 Å². The van der Waals surface area contributed by atoms with Crippen LogP contribution in [0.5, 0.6) is 0 Å². The molecule has 29 heavy (non-hydrogen) atoms. The minimum atomic E-state index is 0. The summed E-state index contributed by atoms with van der Waals surface area (Å²) in [5.74, 6) is 1.23. The summed E-state index contributed by atoms with van der Waals surface area (Å²) in [5.41, 5.74) is 5.97. The topological polar surface area (TPSA) is 86.4 Å². The van der Waals surface area contributed by atoms with E-state index in [1.165, 1.54) is 12.8 Å². The Morgan fingerprint density at radius 2 is 1.66 bits per heavy atom. The number of nitrogens with one attached hydrogen (secondary N) is 1. The zero-order valence-corrected chi connectivity index (χ0v) is 20.0. The first-order valence-electron chi connectivity index (χ1n) is 11.1. The molecule has 0 aromatic heterocycles. The van der Waals surface area contributed by atoms with Crippen LogP contribution >= 0.6 is 24.0 Å². The van der Waals surface area contributed by atoms with Crippen LogP contribution in [0.15, 0.2) is 4.99 Å². The van der Waals surface area contributed by atoms with Crippen molar-refractivity contribution in [3.63, 3.8) is 0 Å². The van der Waals surface area contributed by atoms with Crippen molar-refractivity contribution in [2.45, 2.75) is 32.1 Å². The zero-order chi connectivity index (χ0) is 19.6. The molecule has 3 fully saturated rings. The van der Waals surface area contributed by atoms with Crippen LogP contribution < -0.4 is 11.1 Å². The van der Waals surface area contributed by atoms with E-state index in [0.29, 0.717) is 17.8 Å². The van der Waals surface area contributed by atoms with E-state index in [1.807, 2.05) is 0 Å². The number of hydrogen-bond acceptors (Lipinski definition) is 5. The summed E-state index contributed by atoms with van der Waals surface area (Å²) in [5, 5.41) is 3.22. The summed E-state index contributed by atoms with van der Waals surface area (Å²) >= 11 is 0. The van der Waals surface area contributed by atoms with Crippen molar-refractivity contribution in [1.82, 2.24) is 20.0 Å². The Hall–Kier alpha value is -0.650. The molecule has 1 saturated carbocycles. The summed E-state index contributed by atoms with van der Waals surface area (Å²) in [6.45, 7) is 10.9. The number of nitrogens with zero attached hydrogens (tertiary/aromatic N) is 4. The second-order valence-corrected chi connectivity index (χ2v) is 8.15. The average molecular weight is 522 g/mol. The van der Waals surface area contributed by atoms with Gasteiger partial charge in [0.1, 0.15) is 0 Å². The molecule has 2 heterocycles. The van der Waals surface area contributed by atoms with Crippen LogP contribution in [0.25, 0.3) is 0 Å². The van der Waals surface area contributed by atoms with Gasteiger partial charge in [-0.2, -0.15) is 0 Å². The normalized spacial score (nSPS) is 22.5. The van der Waals surface area contributed by atoms with Gasteiger partial charge < -0.3 is 20.7 Å². The largest absolute Gasteiger partial charge is 0.379 e. The number of guanidine groups is 1. The fourth-order valence-electron chi connectivity index (χ4n) is 4.34. The molecule has 0 bridgehead atoms. The van der Waals surface area contributed by atoms with Crippen molar-refractivity contribution >= 4 is 35.8 Å². The fraction of sp³-hybridized carbons (Fsp3) is 0.900. The number of hydrogen-bond donors (Lipinski definition) is 2. The maximum Gasteiger partial charge on any atom is 0.225 e. The molecule has 1 amide bonds. The van der Waals surface area contributed by atoms with Crippen LogP contribution in [-0.4, -0.2) is 105 Å². The third kappa shape index (κ3) is 8.55. The van der Waals surface area contributed by atoms with Gasteiger partial charge in [0.15, 0.2) is 5.96 Å². The SMILES string of the molecule is I.NC(=NCCCN1CCOCC1)NCCN1CCN(C(=O)C2CCCC2)CC1. The van der Waals surface area contributed by atoms with E-state index >= 15 is 0 Å². The molecule has 2 aliphatic heterocycles. The maximum atomic E-state index is 12.5. The monoisotopic (exact) mass is 522 g/mol. The quantitative estimate of drug-likeness (QED) is 0.210. The molecule has 9 heteroatoms. The van der Waals surface area contributed by atoms with E-state index in [-0.39, 0.29) is 24.0 Å². The number of carbonyl (C=O) groups is 1. The van der Waals surface area contributed by atoms with E-state index in [0.717, 1.165) is 97.9 Å². The molecule has 0 aromatic rings. The highest BCUT2D eigenvalue weighted by molar-refractivity contribution is 14.0. The molecular weight excluding hydrogens is 483 g/mol. The first-order chi connectivity index (χ1) is 13.7. The second kappa shape index (κ2) is 13.6. The molecule has 0 unspecified atom stereocenters. The standard InChI is InChI=1S/C20H38N6O2.HI/c21-20(22-6-3-8-24-14-16-28-17-15-24)23-7-9-25-10-12-26(13-11-25)19(27)18-4-1-2-5-18;/h18H,1-17H2,(H3,21,22,23);1H. The van der Waals surface area contributed by atoms with E-state index in [9.17, 15) is 4.79 Å². The maximum absolute atomic E-state index is 12.5. The first kappa shape index (κ1) is 24.6. The Balaban J connectivity index is 0.00000300. The summed E-state index contributed by atoms with van der Waals surface area (Å²) < 4.78 is 5.36. The molecule has 0 atom stereocenters. The molecule has 0 aromatic carbocycles. The summed E-state index contributed by atoms with van der Waals surface area (Å²) in [7, 11) is 0. The van der Waals surface area contributed by atoms with Gasteiger partial charge in [0.25, 0.3) is 0 Å². The first-order valence-corrected chi connectivity index (χ1v) is 11.1. The predicted molar refractivity (Wildman–Crippen MR) is 127 cm³/mol. The van der Waals surface area contributed by atoms with E-state index in [1.54, 1.807) is 0 Å². The van der Waals surface area contributed by atoms with Crippen LogP contribution in [-0.2, 0) is 9.53 Å². The van der Waals surface area contributed by atoms with Crippen LogP contribution in [0.1, 0.15) is 32.1 Å². The van der Waals surface area contributed by atoms with Crippen LogP contribution in [0.3, 0.4) is 0 Å². The van der Waals surface area contributed by atoms with Crippen LogP contribution in [0, 0.1) is 5.92 Å². The number of rotatable bonds is 8. The van der Waals surface area contributed by atoms with E-state index < -0.39 is 0 Å². The lowest BCUT2D eigenvalue weighted by molar-refractivity contribution is -0.137. The second-order valence-electron chi connectivity index (χ2n) is 8.15. The molecule has 3 N–H and O–H groups in total. The Bertz CT molecular complexity index is 501. The van der Waals surface area contributed by atoms with E-state index in [4.69, 9.17) is 10.5 Å². The van der Waals surface area contributed by atoms with Gasteiger partial charge in [-0.1, -0.05) is 12.8 Å². The number of ether oxygens (including phenoxy) is 1. The fourth-order valence-corrected chi connectivity index (χ4v) is 4.34. The van der Waals surface area contributed by atoms with Crippen molar-refractivity contribution in [2.75, 3.05) is 78.7 Å². The Labute approximate surface area is 192 Å². The highest BCUT2D eigenvalue weighted by Gasteiger charge is 2.29. The van der Waals surface area contributed by atoms with Crippen molar-refractivity contribution in [3.8, 4) is 0 Å². The number of amides is 1. The van der Waals surface area contributed by atoms with Gasteiger partial charge in [-0.15, -0.1) is 24.0 Å². The molecule has 3 rings (SSSR count). The molecule has 168 valence electrons. The van der Waals surface area contributed by atoms with Gasteiger partial charge >= 0.3 is 0 Å². The highest BCUT2D eigenvalue weighted by Crippen LogP contribution is 2.26. The average Bonchev–Trinajstić information content (AvgIpc) is 3.27. The molecule has 0 spiro atoms. The van der Waals surface area contributed by atoms with Crippen LogP contribution in [0.2, 0.25) is 0 Å². The number of nitrogens with two attached hydrogens (primary N) is 1.